The lowest BCUT2D eigenvalue weighted by atomic mass is 9.87. The van der Waals surface area contributed by atoms with Crippen molar-refractivity contribution in [3.05, 3.63) is 51.3 Å². The summed E-state index contributed by atoms with van der Waals surface area (Å²) in [6, 6.07) is 5.89. The number of benzene rings is 1. The van der Waals surface area contributed by atoms with E-state index in [0.717, 1.165) is 35.3 Å². The van der Waals surface area contributed by atoms with E-state index in [1.54, 1.807) is 0 Å². The molecular formula is C25H32Cl2N8O. The first kappa shape index (κ1) is 26.2. The fourth-order valence-corrected chi connectivity index (χ4v) is 4.74. The standard InChI is InChI=1S/C25H32Cl2N8O/c1-14-10-17(16-6-8-35(9-7-16)23(36)25(3,4)28-5)18(26)12-20(14)30-24-29-13-19(27)22(32-24)31-21-11-15(2)33-34-21/h10-13,16,28H,6-9H2,1-5H3,(H3,29,30,31,32,33,34). The normalized spacial score (nSPS) is 14.7. The first-order valence-corrected chi connectivity index (χ1v) is 12.7. The van der Waals surface area contributed by atoms with Crippen LogP contribution in [0.2, 0.25) is 10.0 Å². The third-order valence-electron chi connectivity index (χ3n) is 6.67. The number of likely N-dealkylation sites (tertiary alicyclic amines) is 1. The number of likely N-dealkylation sites (N-methyl/N-ethyl adjacent to an activating group) is 1. The smallest absolute Gasteiger partial charge is 0.242 e. The Balaban J connectivity index is 1.46. The van der Waals surface area contributed by atoms with Gasteiger partial charge in [-0.15, -0.1) is 0 Å². The molecular weight excluding hydrogens is 499 g/mol. The maximum absolute atomic E-state index is 12.8. The molecule has 0 radical (unpaired) electrons. The van der Waals surface area contributed by atoms with Gasteiger partial charge in [-0.2, -0.15) is 10.1 Å². The average Bonchev–Trinajstić information content (AvgIpc) is 3.27. The van der Waals surface area contributed by atoms with Gasteiger partial charge in [0.05, 0.1) is 11.7 Å². The van der Waals surface area contributed by atoms with Gasteiger partial charge in [0.1, 0.15) is 5.02 Å². The molecule has 1 amide bonds. The van der Waals surface area contributed by atoms with Gasteiger partial charge in [-0.05, 0) is 70.7 Å². The number of aryl methyl sites for hydroxylation is 2. The minimum atomic E-state index is -0.565. The third kappa shape index (κ3) is 5.74. The van der Waals surface area contributed by atoms with E-state index in [9.17, 15) is 4.79 Å². The molecule has 11 heteroatoms. The number of hydrogen-bond acceptors (Lipinski definition) is 7. The van der Waals surface area contributed by atoms with E-state index in [1.807, 2.05) is 51.8 Å². The molecule has 0 aliphatic carbocycles. The predicted octanol–water partition coefficient (Wildman–Crippen LogP) is 5.31. The Morgan fingerprint density at radius 2 is 1.83 bits per heavy atom. The van der Waals surface area contributed by atoms with Crippen LogP contribution in [-0.4, -0.2) is 56.6 Å². The Morgan fingerprint density at radius 1 is 1.11 bits per heavy atom. The first-order valence-electron chi connectivity index (χ1n) is 11.9. The molecule has 3 heterocycles. The molecule has 2 aromatic heterocycles. The second-order valence-electron chi connectivity index (χ2n) is 9.71. The van der Waals surface area contributed by atoms with Crippen LogP contribution in [0.4, 0.5) is 23.3 Å². The number of nitrogens with one attached hydrogen (secondary N) is 4. The van der Waals surface area contributed by atoms with Gasteiger partial charge in [0, 0.05) is 35.6 Å². The number of nitrogens with zero attached hydrogens (tertiary/aromatic N) is 4. The van der Waals surface area contributed by atoms with Crippen molar-refractivity contribution in [3.8, 4) is 0 Å². The number of halogens is 2. The lowest BCUT2D eigenvalue weighted by Crippen LogP contribution is -2.54. The van der Waals surface area contributed by atoms with Crippen molar-refractivity contribution in [2.75, 3.05) is 30.8 Å². The van der Waals surface area contributed by atoms with E-state index >= 15 is 0 Å². The fourth-order valence-electron chi connectivity index (χ4n) is 4.29. The van der Waals surface area contributed by atoms with Crippen LogP contribution >= 0.6 is 23.2 Å². The first-order chi connectivity index (χ1) is 17.1. The van der Waals surface area contributed by atoms with Gasteiger partial charge in [-0.3, -0.25) is 9.89 Å². The monoisotopic (exact) mass is 530 g/mol. The number of hydrogen-bond donors (Lipinski definition) is 4. The van der Waals surface area contributed by atoms with Gasteiger partial charge in [0.15, 0.2) is 11.6 Å². The molecule has 0 bridgehead atoms. The molecule has 9 nitrogen and oxygen atoms in total. The second kappa shape index (κ2) is 10.6. The molecule has 1 aliphatic rings. The molecule has 4 N–H and O–H groups in total. The number of anilines is 4. The number of H-pyrrole nitrogens is 1. The molecule has 0 atom stereocenters. The van der Waals surface area contributed by atoms with Crippen molar-refractivity contribution >= 4 is 52.4 Å². The molecule has 1 aliphatic heterocycles. The van der Waals surface area contributed by atoms with E-state index in [-0.39, 0.29) is 5.91 Å². The summed E-state index contributed by atoms with van der Waals surface area (Å²) in [7, 11) is 1.81. The largest absolute Gasteiger partial charge is 0.341 e. The summed E-state index contributed by atoms with van der Waals surface area (Å²) in [6.45, 7) is 9.19. The van der Waals surface area contributed by atoms with E-state index in [1.165, 1.54) is 6.20 Å². The summed E-state index contributed by atoms with van der Waals surface area (Å²) in [5.74, 6) is 1.88. The maximum Gasteiger partial charge on any atom is 0.242 e. The highest BCUT2D eigenvalue weighted by Crippen LogP contribution is 2.37. The Morgan fingerprint density at radius 3 is 2.47 bits per heavy atom. The van der Waals surface area contributed by atoms with Gasteiger partial charge in [-0.1, -0.05) is 29.3 Å². The van der Waals surface area contributed by atoms with E-state index in [2.05, 4.69) is 42.2 Å². The molecule has 0 saturated carbocycles. The van der Waals surface area contributed by atoms with Gasteiger partial charge in [0.25, 0.3) is 0 Å². The lowest BCUT2D eigenvalue weighted by Gasteiger charge is -2.37. The summed E-state index contributed by atoms with van der Waals surface area (Å²) in [4.78, 5) is 23.5. The minimum absolute atomic E-state index is 0.129. The van der Waals surface area contributed by atoms with Crippen molar-refractivity contribution in [2.24, 2.45) is 0 Å². The zero-order chi connectivity index (χ0) is 26.0. The van der Waals surface area contributed by atoms with Gasteiger partial charge in [0.2, 0.25) is 11.9 Å². The number of carbonyl (C=O) groups is 1. The highest BCUT2D eigenvalue weighted by molar-refractivity contribution is 6.33. The molecule has 36 heavy (non-hydrogen) atoms. The van der Waals surface area contributed by atoms with Gasteiger partial charge >= 0.3 is 0 Å². The average molecular weight is 531 g/mol. The Hall–Kier alpha value is -2.88. The third-order valence-corrected chi connectivity index (χ3v) is 7.27. The topological polar surface area (TPSA) is 111 Å². The number of carbonyl (C=O) groups excluding carboxylic acids is 1. The number of amides is 1. The van der Waals surface area contributed by atoms with Crippen LogP contribution in [-0.2, 0) is 4.79 Å². The maximum atomic E-state index is 12.8. The second-order valence-corrected chi connectivity index (χ2v) is 10.5. The predicted molar refractivity (Wildman–Crippen MR) is 145 cm³/mol. The Labute approximate surface area is 221 Å². The minimum Gasteiger partial charge on any atom is -0.341 e. The van der Waals surface area contributed by atoms with Crippen molar-refractivity contribution in [1.82, 2.24) is 30.4 Å². The molecule has 1 saturated heterocycles. The lowest BCUT2D eigenvalue weighted by molar-refractivity contribution is -0.138. The molecule has 0 unspecified atom stereocenters. The van der Waals surface area contributed by atoms with Gasteiger partial charge in [-0.25, -0.2) is 4.98 Å². The molecule has 1 fully saturated rings. The molecule has 192 valence electrons. The van der Waals surface area contributed by atoms with E-state index in [0.29, 0.717) is 46.6 Å². The van der Waals surface area contributed by atoms with E-state index < -0.39 is 5.54 Å². The fraction of sp³-hybridized carbons (Fsp3) is 0.440. The summed E-state index contributed by atoms with van der Waals surface area (Å²) in [5, 5.41) is 17.5. The number of rotatable bonds is 7. The number of piperidine rings is 1. The van der Waals surface area contributed by atoms with Crippen LogP contribution in [0.15, 0.2) is 24.4 Å². The quantitative estimate of drug-likeness (QED) is 0.327. The zero-order valence-electron chi connectivity index (χ0n) is 21.2. The Bertz CT molecular complexity index is 1250. The Kier molecular flexibility index (Phi) is 7.73. The van der Waals surface area contributed by atoms with Crippen LogP contribution in [0.5, 0.6) is 0 Å². The van der Waals surface area contributed by atoms with Crippen LogP contribution in [0.25, 0.3) is 0 Å². The number of aromatic amines is 1. The van der Waals surface area contributed by atoms with Crippen molar-refractivity contribution in [1.29, 1.82) is 0 Å². The van der Waals surface area contributed by atoms with Crippen LogP contribution < -0.4 is 16.0 Å². The van der Waals surface area contributed by atoms with Crippen LogP contribution in [0.3, 0.4) is 0 Å². The summed E-state index contributed by atoms with van der Waals surface area (Å²) < 4.78 is 0. The number of aromatic nitrogens is 4. The van der Waals surface area contributed by atoms with Crippen LogP contribution in [0.1, 0.15) is 49.4 Å². The summed E-state index contributed by atoms with van der Waals surface area (Å²) in [5.41, 5.74) is 3.31. The SMILES string of the molecule is CNC(C)(C)C(=O)N1CCC(c2cc(C)c(Nc3ncc(Cl)c(Nc4cc(C)[nH]n4)n3)cc2Cl)CC1. The molecule has 4 rings (SSSR count). The molecule has 3 aromatic rings. The van der Waals surface area contributed by atoms with E-state index in [4.69, 9.17) is 23.2 Å². The summed E-state index contributed by atoms with van der Waals surface area (Å²) >= 11 is 13.0. The van der Waals surface area contributed by atoms with Crippen molar-refractivity contribution in [3.63, 3.8) is 0 Å². The zero-order valence-corrected chi connectivity index (χ0v) is 22.7. The molecule has 1 aromatic carbocycles. The van der Waals surface area contributed by atoms with Crippen LogP contribution in [0, 0.1) is 13.8 Å². The van der Waals surface area contributed by atoms with Crippen molar-refractivity contribution < 1.29 is 4.79 Å². The highest BCUT2D eigenvalue weighted by atomic mass is 35.5. The summed E-state index contributed by atoms with van der Waals surface area (Å²) in [6.07, 6.45) is 3.29. The highest BCUT2D eigenvalue weighted by Gasteiger charge is 2.33. The van der Waals surface area contributed by atoms with Crippen molar-refractivity contribution in [2.45, 2.75) is 52.0 Å². The molecule has 0 spiro atoms. The van der Waals surface area contributed by atoms with Gasteiger partial charge < -0.3 is 20.9 Å².